The lowest BCUT2D eigenvalue weighted by atomic mass is 9.96. The van der Waals surface area contributed by atoms with Crippen molar-refractivity contribution in [2.45, 2.75) is 6.42 Å². The first-order chi connectivity index (χ1) is 13.6. The van der Waals surface area contributed by atoms with E-state index in [1.54, 1.807) is 24.3 Å². The molecule has 0 fully saturated rings. The van der Waals surface area contributed by atoms with Crippen molar-refractivity contribution in [3.05, 3.63) is 88.9 Å². The highest BCUT2D eigenvalue weighted by atomic mass is 35.5. The number of aromatic nitrogens is 1. The second kappa shape index (κ2) is 6.39. The highest BCUT2D eigenvalue weighted by molar-refractivity contribution is 6.30. The van der Waals surface area contributed by atoms with Gasteiger partial charge in [0.1, 0.15) is 11.5 Å². The fourth-order valence-electron chi connectivity index (χ4n) is 3.80. The third-order valence-corrected chi connectivity index (χ3v) is 5.37. The van der Waals surface area contributed by atoms with E-state index in [0.29, 0.717) is 5.02 Å². The van der Waals surface area contributed by atoms with E-state index in [4.69, 9.17) is 16.6 Å². The van der Waals surface area contributed by atoms with Gasteiger partial charge >= 0.3 is 0 Å². The lowest BCUT2D eigenvalue weighted by Gasteiger charge is -2.12. The van der Waals surface area contributed by atoms with Gasteiger partial charge in [-0.3, -0.25) is 0 Å². The SMILES string of the molecule is Oc1ccc(-c2cc(-c3cccc(Cl)c3)nc3c2Cc2ccc(O)cc2-3)cc1. The van der Waals surface area contributed by atoms with Gasteiger partial charge in [0, 0.05) is 22.6 Å². The van der Waals surface area contributed by atoms with Gasteiger partial charge in [-0.05, 0) is 64.7 Å². The van der Waals surface area contributed by atoms with Crippen molar-refractivity contribution in [3.63, 3.8) is 0 Å². The quantitative estimate of drug-likeness (QED) is 0.389. The molecule has 3 nitrogen and oxygen atoms in total. The third-order valence-electron chi connectivity index (χ3n) is 5.14. The van der Waals surface area contributed by atoms with Crippen LogP contribution in [-0.2, 0) is 6.42 Å². The fraction of sp³-hybridized carbons (Fsp3) is 0.0417. The van der Waals surface area contributed by atoms with Crippen LogP contribution in [0, 0.1) is 0 Å². The van der Waals surface area contributed by atoms with E-state index in [9.17, 15) is 10.2 Å². The molecule has 4 heteroatoms. The molecule has 0 spiro atoms. The summed E-state index contributed by atoms with van der Waals surface area (Å²) < 4.78 is 0. The molecule has 1 aliphatic rings. The number of aromatic hydroxyl groups is 2. The number of phenols is 2. The standard InChI is InChI=1S/C24H16ClNO2/c25-17-3-1-2-16(10-17)23-13-20(14-4-7-18(27)8-5-14)22-11-15-6-9-19(28)12-21(15)24(22)26-23/h1-10,12-13,27-28H,11H2. The summed E-state index contributed by atoms with van der Waals surface area (Å²) in [7, 11) is 0. The van der Waals surface area contributed by atoms with Crippen molar-refractivity contribution >= 4 is 11.6 Å². The van der Waals surface area contributed by atoms with Crippen molar-refractivity contribution in [3.8, 4) is 45.1 Å². The number of halogens is 1. The van der Waals surface area contributed by atoms with Gasteiger partial charge in [0.05, 0.1) is 11.4 Å². The van der Waals surface area contributed by atoms with Gasteiger partial charge in [0.2, 0.25) is 0 Å². The summed E-state index contributed by atoms with van der Waals surface area (Å²) >= 11 is 6.20. The van der Waals surface area contributed by atoms with Crippen molar-refractivity contribution < 1.29 is 10.2 Å². The fourth-order valence-corrected chi connectivity index (χ4v) is 3.99. The Labute approximate surface area is 167 Å². The summed E-state index contributed by atoms with van der Waals surface area (Å²) in [5, 5.41) is 20.3. The molecule has 0 amide bonds. The van der Waals surface area contributed by atoms with Crippen molar-refractivity contribution in [1.29, 1.82) is 0 Å². The number of nitrogens with zero attached hydrogens (tertiary/aromatic N) is 1. The highest BCUT2D eigenvalue weighted by Crippen LogP contribution is 2.43. The molecule has 1 aliphatic carbocycles. The van der Waals surface area contributed by atoms with Gasteiger partial charge < -0.3 is 10.2 Å². The second-order valence-electron chi connectivity index (χ2n) is 6.96. The van der Waals surface area contributed by atoms with Crippen LogP contribution in [0.3, 0.4) is 0 Å². The molecule has 1 heterocycles. The van der Waals surface area contributed by atoms with Crippen molar-refractivity contribution in [1.82, 2.24) is 4.98 Å². The van der Waals surface area contributed by atoms with Gasteiger partial charge in [0.15, 0.2) is 0 Å². The number of fused-ring (bicyclic) bond motifs is 3. The average Bonchev–Trinajstić information content (AvgIpc) is 3.06. The van der Waals surface area contributed by atoms with E-state index in [1.165, 1.54) is 0 Å². The van der Waals surface area contributed by atoms with E-state index in [1.807, 2.05) is 42.5 Å². The Bertz CT molecular complexity index is 1220. The van der Waals surface area contributed by atoms with Gasteiger partial charge in [-0.15, -0.1) is 0 Å². The molecule has 4 aromatic rings. The van der Waals surface area contributed by atoms with Crippen LogP contribution in [0.2, 0.25) is 5.02 Å². The summed E-state index contributed by atoms with van der Waals surface area (Å²) in [4.78, 5) is 4.93. The molecule has 136 valence electrons. The van der Waals surface area contributed by atoms with E-state index in [2.05, 4.69) is 6.07 Å². The number of rotatable bonds is 2. The predicted octanol–water partition coefficient (Wildman–Crippen LogP) is 6.05. The molecule has 5 rings (SSSR count). The van der Waals surface area contributed by atoms with Crippen LogP contribution in [0.25, 0.3) is 33.6 Å². The van der Waals surface area contributed by atoms with Gasteiger partial charge in [-0.2, -0.15) is 0 Å². The summed E-state index contributed by atoms with van der Waals surface area (Å²) in [6, 6.07) is 22.3. The zero-order valence-corrected chi connectivity index (χ0v) is 15.6. The molecule has 28 heavy (non-hydrogen) atoms. The third kappa shape index (κ3) is 2.81. The lowest BCUT2D eigenvalue weighted by Crippen LogP contribution is -1.94. The maximum Gasteiger partial charge on any atom is 0.116 e. The molecule has 0 aliphatic heterocycles. The minimum absolute atomic E-state index is 0.229. The van der Waals surface area contributed by atoms with Gasteiger partial charge in [-0.25, -0.2) is 4.98 Å². The Morgan fingerprint density at radius 2 is 1.54 bits per heavy atom. The largest absolute Gasteiger partial charge is 0.508 e. The van der Waals surface area contributed by atoms with E-state index in [-0.39, 0.29) is 11.5 Å². The Morgan fingerprint density at radius 3 is 2.32 bits per heavy atom. The second-order valence-corrected chi connectivity index (χ2v) is 7.39. The van der Waals surface area contributed by atoms with Crippen molar-refractivity contribution in [2.24, 2.45) is 0 Å². The molecule has 0 saturated heterocycles. The summed E-state index contributed by atoms with van der Waals surface area (Å²) in [5.74, 6) is 0.463. The first-order valence-electron chi connectivity index (χ1n) is 9.00. The Balaban J connectivity index is 1.78. The molecule has 1 aromatic heterocycles. The smallest absolute Gasteiger partial charge is 0.116 e. The molecular formula is C24H16ClNO2. The Kier molecular flexibility index (Phi) is 3.85. The number of benzene rings is 3. The van der Waals surface area contributed by atoms with Crippen LogP contribution in [0.5, 0.6) is 11.5 Å². The number of hydrogen-bond acceptors (Lipinski definition) is 3. The van der Waals surface area contributed by atoms with E-state index < -0.39 is 0 Å². The number of pyridine rings is 1. The molecule has 0 atom stereocenters. The minimum atomic E-state index is 0.229. The molecule has 0 bridgehead atoms. The first-order valence-corrected chi connectivity index (χ1v) is 9.38. The molecule has 0 saturated carbocycles. The molecule has 0 unspecified atom stereocenters. The normalized spacial score (nSPS) is 11.9. The summed E-state index contributed by atoms with van der Waals surface area (Å²) in [6.45, 7) is 0. The molecule has 2 N–H and O–H groups in total. The van der Waals surface area contributed by atoms with Crippen LogP contribution >= 0.6 is 11.6 Å². The summed E-state index contributed by atoms with van der Waals surface area (Å²) in [5.41, 5.74) is 7.93. The van der Waals surface area contributed by atoms with Crippen molar-refractivity contribution in [2.75, 3.05) is 0 Å². The molecule has 3 aromatic carbocycles. The molecule has 0 radical (unpaired) electrons. The van der Waals surface area contributed by atoms with Crippen LogP contribution in [0.1, 0.15) is 11.1 Å². The maximum absolute atomic E-state index is 9.99. The minimum Gasteiger partial charge on any atom is -0.508 e. The maximum atomic E-state index is 9.99. The average molecular weight is 386 g/mol. The van der Waals surface area contributed by atoms with Gasteiger partial charge in [0.25, 0.3) is 0 Å². The topological polar surface area (TPSA) is 53.4 Å². The van der Waals surface area contributed by atoms with Crippen LogP contribution in [0.15, 0.2) is 72.8 Å². The summed E-state index contributed by atoms with van der Waals surface area (Å²) in [6.07, 6.45) is 0.754. The predicted molar refractivity (Wildman–Crippen MR) is 112 cm³/mol. The van der Waals surface area contributed by atoms with E-state index >= 15 is 0 Å². The Morgan fingerprint density at radius 1 is 0.750 bits per heavy atom. The van der Waals surface area contributed by atoms with Gasteiger partial charge in [-0.1, -0.05) is 41.9 Å². The van der Waals surface area contributed by atoms with Crippen LogP contribution in [-0.4, -0.2) is 15.2 Å². The van der Waals surface area contributed by atoms with E-state index in [0.717, 1.165) is 51.2 Å². The van der Waals surface area contributed by atoms with Crippen LogP contribution < -0.4 is 0 Å². The zero-order valence-electron chi connectivity index (χ0n) is 14.9. The number of hydrogen-bond donors (Lipinski definition) is 2. The molecular weight excluding hydrogens is 370 g/mol. The lowest BCUT2D eigenvalue weighted by molar-refractivity contribution is 0.475. The highest BCUT2D eigenvalue weighted by Gasteiger charge is 2.25. The number of phenolic OH excluding ortho intramolecular Hbond substituents is 2. The Hall–Kier alpha value is -3.30. The zero-order chi connectivity index (χ0) is 19.3. The van der Waals surface area contributed by atoms with Crippen LogP contribution in [0.4, 0.5) is 0 Å². The first kappa shape index (κ1) is 16.8. The monoisotopic (exact) mass is 385 g/mol.